The molecule has 3 atom stereocenters. The van der Waals surface area contributed by atoms with Crippen LogP contribution in [-0.2, 0) is 4.74 Å². The van der Waals surface area contributed by atoms with Crippen molar-refractivity contribution in [1.82, 2.24) is 5.32 Å². The summed E-state index contributed by atoms with van der Waals surface area (Å²) in [4.78, 5) is 0. The van der Waals surface area contributed by atoms with Crippen molar-refractivity contribution < 1.29 is 4.74 Å². The van der Waals surface area contributed by atoms with Crippen molar-refractivity contribution >= 4 is 0 Å². The molecule has 1 fully saturated rings. The maximum Gasteiger partial charge on any atom is 0.0622 e. The highest BCUT2D eigenvalue weighted by Crippen LogP contribution is 2.28. The van der Waals surface area contributed by atoms with E-state index in [1.807, 2.05) is 0 Å². The van der Waals surface area contributed by atoms with Gasteiger partial charge >= 0.3 is 0 Å². The molecule has 1 rings (SSSR count). The number of nitrogens with one attached hydrogen (secondary N) is 1. The van der Waals surface area contributed by atoms with E-state index in [1.54, 1.807) is 0 Å². The van der Waals surface area contributed by atoms with E-state index in [2.05, 4.69) is 33.0 Å². The minimum atomic E-state index is 0.528. The molecular weight excluding hydrogens is 198 g/mol. The summed E-state index contributed by atoms with van der Waals surface area (Å²) in [7, 11) is 0. The summed E-state index contributed by atoms with van der Waals surface area (Å²) >= 11 is 0. The van der Waals surface area contributed by atoms with Gasteiger partial charge in [0.05, 0.1) is 6.61 Å². The van der Waals surface area contributed by atoms with E-state index in [0.717, 1.165) is 25.2 Å². The van der Waals surface area contributed by atoms with Crippen molar-refractivity contribution in [2.45, 2.75) is 65.5 Å². The van der Waals surface area contributed by atoms with Crippen LogP contribution in [0.25, 0.3) is 0 Å². The Labute approximate surface area is 101 Å². The topological polar surface area (TPSA) is 21.3 Å². The zero-order valence-electron chi connectivity index (χ0n) is 11.5. The first-order chi connectivity index (χ1) is 7.67. The number of hydrogen-bond acceptors (Lipinski definition) is 2. The Balaban J connectivity index is 2.31. The largest absolute Gasteiger partial charge is 0.380 e. The van der Waals surface area contributed by atoms with Crippen molar-refractivity contribution in [2.24, 2.45) is 11.8 Å². The molecule has 0 amide bonds. The third-order valence-corrected chi connectivity index (χ3v) is 3.87. The van der Waals surface area contributed by atoms with E-state index in [9.17, 15) is 0 Å². The lowest BCUT2D eigenvalue weighted by atomic mass is 10.0. The maximum absolute atomic E-state index is 5.56. The van der Waals surface area contributed by atoms with E-state index in [4.69, 9.17) is 4.74 Å². The fraction of sp³-hybridized carbons (Fsp3) is 1.00. The van der Waals surface area contributed by atoms with Gasteiger partial charge in [-0.15, -0.1) is 0 Å². The van der Waals surface area contributed by atoms with Gasteiger partial charge in [0.15, 0.2) is 0 Å². The van der Waals surface area contributed by atoms with Crippen molar-refractivity contribution in [3.63, 3.8) is 0 Å². The van der Waals surface area contributed by atoms with Gasteiger partial charge in [0, 0.05) is 18.7 Å². The maximum atomic E-state index is 5.56. The van der Waals surface area contributed by atoms with Crippen LogP contribution in [0.5, 0.6) is 0 Å². The second-order valence-corrected chi connectivity index (χ2v) is 5.46. The van der Waals surface area contributed by atoms with Crippen molar-refractivity contribution in [2.75, 3.05) is 13.2 Å². The van der Waals surface area contributed by atoms with Crippen LogP contribution < -0.4 is 5.32 Å². The first kappa shape index (κ1) is 14.0. The van der Waals surface area contributed by atoms with Gasteiger partial charge in [0.2, 0.25) is 0 Å². The van der Waals surface area contributed by atoms with E-state index < -0.39 is 0 Å². The Kier molecular flexibility index (Phi) is 6.37. The highest BCUT2D eigenvalue weighted by atomic mass is 16.5. The first-order valence-corrected chi connectivity index (χ1v) is 7.01. The normalized spacial score (nSPS) is 27.6. The number of ether oxygens (including phenoxy) is 1. The van der Waals surface area contributed by atoms with Crippen molar-refractivity contribution in [1.29, 1.82) is 0 Å². The molecule has 1 saturated carbocycles. The lowest BCUT2D eigenvalue weighted by Crippen LogP contribution is -2.43. The van der Waals surface area contributed by atoms with Gasteiger partial charge in [-0.1, -0.05) is 27.2 Å². The molecule has 16 heavy (non-hydrogen) atoms. The van der Waals surface area contributed by atoms with E-state index in [-0.39, 0.29) is 0 Å². The van der Waals surface area contributed by atoms with E-state index in [0.29, 0.717) is 12.0 Å². The zero-order valence-corrected chi connectivity index (χ0v) is 11.5. The van der Waals surface area contributed by atoms with E-state index in [1.165, 1.54) is 25.7 Å². The molecule has 3 unspecified atom stereocenters. The summed E-state index contributed by atoms with van der Waals surface area (Å²) in [5.41, 5.74) is 0. The van der Waals surface area contributed by atoms with Gasteiger partial charge in [-0.3, -0.25) is 0 Å². The molecule has 0 aromatic heterocycles. The minimum absolute atomic E-state index is 0.528. The summed E-state index contributed by atoms with van der Waals surface area (Å²) in [6, 6.07) is 1.26. The smallest absolute Gasteiger partial charge is 0.0622 e. The Hall–Kier alpha value is -0.0800. The fourth-order valence-electron chi connectivity index (χ4n) is 2.58. The molecular formula is C14H29NO. The van der Waals surface area contributed by atoms with Gasteiger partial charge < -0.3 is 10.1 Å². The molecule has 2 nitrogen and oxygen atoms in total. The highest BCUT2D eigenvalue weighted by molar-refractivity contribution is 4.84. The van der Waals surface area contributed by atoms with Crippen LogP contribution in [0.1, 0.15) is 53.4 Å². The predicted octanol–water partition coefficient (Wildman–Crippen LogP) is 3.22. The average Bonchev–Trinajstić information content (AvgIpc) is 2.71. The fourth-order valence-corrected chi connectivity index (χ4v) is 2.58. The van der Waals surface area contributed by atoms with Crippen molar-refractivity contribution in [3.05, 3.63) is 0 Å². The predicted molar refractivity (Wildman–Crippen MR) is 69.7 cm³/mol. The van der Waals surface area contributed by atoms with Crippen LogP contribution in [0.15, 0.2) is 0 Å². The Morgan fingerprint density at radius 2 is 2.00 bits per heavy atom. The molecule has 0 aromatic rings. The summed E-state index contributed by atoms with van der Waals surface area (Å²) in [5, 5.41) is 3.79. The van der Waals surface area contributed by atoms with Crippen LogP contribution in [0.3, 0.4) is 0 Å². The molecule has 0 radical (unpaired) electrons. The van der Waals surface area contributed by atoms with Crippen LogP contribution in [0.2, 0.25) is 0 Å². The summed E-state index contributed by atoms with van der Waals surface area (Å²) in [6.07, 6.45) is 5.48. The molecule has 0 saturated heterocycles. The molecule has 1 aliphatic rings. The minimum Gasteiger partial charge on any atom is -0.380 e. The first-order valence-electron chi connectivity index (χ1n) is 7.01. The third kappa shape index (κ3) is 4.42. The molecule has 0 heterocycles. The monoisotopic (exact) mass is 227 g/mol. The molecule has 0 aliphatic heterocycles. The molecule has 0 aromatic carbocycles. The van der Waals surface area contributed by atoms with Crippen LogP contribution in [-0.4, -0.2) is 25.3 Å². The quantitative estimate of drug-likeness (QED) is 0.721. The van der Waals surface area contributed by atoms with Gasteiger partial charge in [0.1, 0.15) is 0 Å². The molecule has 0 spiro atoms. The van der Waals surface area contributed by atoms with Gasteiger partial charge in [-0.25, -0.2) is 0 Å². The molecule has 1 N–H and O–H groups in total. The third-order valence-electron chi connectivity index (χ3n) is 3.87. The standard InChI is InChI=1S/C14H29NO/c1-5-12-7-8-13(9-12)15-14(11(3)4)10-16-6-2/h11-15H,5-10H2,1-4H3. The Morgan fingerprint density at radius 3 is 2.50 bits per heavy atom. The van der Waals surface area contributed by atoms with Gasteiger partial charge in [-0.05, 0) is 38.0 Å². The summed E-state index contributed by atoms with van der Waals surface area (Å²) < 4.78 is 5.56. The molecule has 0 bridgehead atoms. The second kappa shape index (κ2) is 7.29. The second-order valence-electron chi connectivity index (χ2n) is 5.46. The van der Waals surface area contributed by atoms with Gasteiger partial charge in [0.25, 0.3) is 0 Å². The van der Waals surface area contributed by atoms with Crippen LogP contribution in [0, 0.1) is 11.8 Å². The molecule has 96 valence electrons. The zero-order chi connectivity index (χ0) is 12.0. The van der Waals surface area contributed by atoms with Gasteiger partial charge in [-0.2, -0.15) is 0 Å². The lowest BCUT2D eigenvalue weighted by Gasteiger charge is -2.26. The number of hydrogen-bond donors (Lipinski definition) is 1. The van der Waals surface area contributed by atoms with Crippen molar-refractivity contribution in [3.8, 4) is 0 Å². The molecule has 2 heteroatoms. The highest BCUT2D eigenvalue weighted by Gasteiger charge is 2.26. The SMILES string of the molecule is CCOCC(NC1CCC(CC)C1)C(C)C. The Bertz CT molecular complexity index is 182. The summed E-state index contributed by atoms with van der Waals surface area (Å²) in [6.45, 7) is 10.6. The summed E-state index contributed by atoms with van der Waals surface area (Å²) in [5.74, 6) is 1.62. The van der Waals surface area contributed by atoms with Crippen LogP contribution >= 0.6 is 0 Å². The average molecular weight is 227 g/mol. The van der Waals surface area contributed by atoms with Crippen LogP contribution in [0.4, 0.5) is 0 Å². The Morgan fingerprint density at radius 1 is 1.25 bits per heavy atom. The lowest BCUT2D eigenvalue weighted by molar-refractivity contribution is 0.103. The molecule has 1 aliphatic carbocycles. The van der Waals surface area contributed by atoms with E-state index >= 15 is 0 Å². The number of rotatable bonds is 7.